The molecule has 2 heterocycles. The standard InChI is InChI=1S/C17H20N4/c1-13-4-5-17-14(8-13)9-16(21(17)3)12-20(2)11-15-10-18-6-7-19-15/h4-10H,11-12H2,1-3H3. The molecule has 0 saturated heterocycles. The van der Waals surface area contributed by atoms with E-state index in [1.54, 1.807) is 12.4 Å². The molecule has 4 heteroatoms. The molecule has 0 aliphatic carbocycles. The zero-order valence-electron chi connectivity index (χ0n) is 12.7. The van der Waals surface area contributed by atoms with E-state index in [-0.39, 0.29) is 0 Å². The molecule has 0 fully saturated rings. The van der Waals surface area contributed by atoms with Crippen LogP contribution >= 0.6 is 0 Å². The minimum absolute atomic E-state index is 0.800. The van der Waals surface area contributed by atoms with Crippen molar-refractivity contribution in [1.82, 2.24) is 19.4 Å². The molecule has 0 unspecified atom stereocenters. The summed E-state index contributed by atoms with van der Waals surface area (Å²) in [5.41, 5.74) is 4.88. The van der Waals surface area contributed by atoms with Gasteiger partial charge in [-0.3, -0.25) is 14.9 Å². The number of hydrogen-bond acceptors (Lipinski definition) is 3. The molecule has 1 aromatic carbocycles. The van der Waals surface area contributed by atoms with Gasteiger partial charge in [-0.2, -0.15) is 0 Å². The maximum atomic E-state index is 4.33. The lowest BCUT2D eigenvalue weighted by Crippen LogP contribution is -2.19. The van der Waals surface area contributed by atoms with Crippen LogP contribution in [0.25, 0.3) is 10.9 Å². The van der Waals surface area contributed by atoms with Gasteiger partial charge >= 0.3 is 0 Å². The molecule has 21 heavy (non-hydrogen) atoms. The van der Waals surface area contributed by atoms with Crippen molar-refractivity contribution in [3.05, 3.63) is 59.8 Å². The van der Waals surface area contributed by atoms with Gasteiger partial charge < -0.3 is 4.57 Å². The Kier molecular flexibility index (Phi) is 3.71. The normalized spacial score (nSPS) is 11.4. The van der Waals surface area contributed by atoms with Gasteiger partial charge in [-0.05, 0) is 32.2 Å². The molecule has 0 atom stereocenters. The van der Waals surface area contributed by atoms with E-state index in [2.05, 4.69) is 64.7 Å². The monoisotopic (exact) mass is 280 g/mol. The van der Waals surface area contributed by atoms with Crippen LogP contribution in [0.4, 0.5) is 0 Å². The molecule has 0 saturated carbocycles. The molecule has 0 aliphatic rings. The summed E-state index contributed by atoms with van der Waals surface area (Å²) in [4.78, 5) is 10.7. The average molecular weight is 280 g/mol. The Morgan fingerprint density at radius 3 is 2.76 bits per heavy atom. The van der Waals surface area contributed by atoms with E-state index in [9.17, 15) is 0 Å². The molecule has 2 aromatic heterocycles. The minimum atomic E-state index is 0.800. The van der Waals surface area contributed by atoms with Crippen molar-refractivity contribution in [2.45, 2.75) is 20.0 Å². The van der Waals surface area contributed by atoms with Crippen LogP contribution in [0.1, 0.15) is 17.0 Å². The number of rotatable bonds is 4. The summed E-state index contributed by atoms with van der Waals surface area (Å²) in [5.74, 6) is 0. The van der Waals surface area contributed by atoms with Crippen molar-refractivity contribution in [3.8, 4) is 0 Å². The third-order valence-electron chi connectivity index (χ3n) is 3.78. The third kappa shape index (κ3) is 2.95. The summed E-state index contributed by atoms with van der Waals surface area (Å²) in [6.07, 6.45) is 5.26. The lowest BCUT2D eigenvalue weighted by atomic mass is 10.2. The summed E-state index contributed by atoms with van der Waals surface area (Å²) in [7, 11) is 4.24. The Morgan fingerprint density at radius 2 is 2.00 bits per heavy atom. The fourth-order valence-corrected chi connectivity index (χ4v) is 2.70. The van der Waals surface area contributed by atoms with Crippen LogP contribution in [-0.2, 0) is 20.1 Å². The number of benzene rings is 1. The van der Waals surface area contributed by atoms with Gasteiger partial charge in [0.2, 0.25) is 0 Å². The van der Waals surface area contributed by atoms with Crippen LogP contribution in [0.15, 0.2) is 42.9 Å². The van der Waals surface area contributed by atoms with Crippen molar-refractivity contribution < 1.29 is 0 Å². The smallest absolute Gasteiger partial charge is 0.0726 e. The van der Waals surface area contributed by atoms with Crippen LogP contribution in [-0.4, -0.2) is 26.5 Å². The van der Waals surface area contributed by atoms with Crippen molar-refractivity contribution in [3.63, 3.8) is 0 Å². The summed E-state index contributed by atoms with van der Waals surface area (Å²) >= 11 is 0. The van der Waals surface area contributed by atoms with Gasteiger partial charge in [-0.15, -0.1) is 0 Å². The molecule has 0 N–H and O–H groups in total. The average Bonchev–Trinajstić information content (AvgIpc) is 2.75. The Balaban J connectivity index is 1.79. The zero-order chi connectivity index (χ0) is 14.8. The van der Waals surface area contributed by atoms with E-state index >= 15 is 0 Å². The quantitative estimate of drug-likeness (QED) is 0.737. The van der Waals surface area contributed by atoms with Crippen LogP contribution in [0.5, 0.6) is 0 Å². The number of hydrogen-bond donors (Lipinski definition) is 0. The molecule has 3 aromatic rings. The molecule has 0 aliphatic heterocycles. The van der Waals surface area contributed by atoms with Gasteiger partial charge in [0.1, 0.15) is 0 Å². The maximum Gasteiger partial charge on any atom is 0.0726 e. The topological polar surface area (TPSA) is 34.0 Å². The Labute approximate surface area is 125 Å². The Bertz CT molecular complexity index is 746. The highest BCUT2D eigenvalue weighted by molar-refractivity contribution is 5.82. The fourth-order valence-electron chi connectivity index (χ4n) is 2.70. The van der Waals surface area contributed by atoms with Crippen molar-refractivity contribution >= 4 is 10.9 Å². The maximum absolute atomic E-state index is 4.33. The zero-order valence-corrected chi connectivity index (χ0v) is 12.7. The first kappa shape index (κ1) is 13.8. The Hall–Kier alpha value is -2.20. The van der Waals surface area contributed by atoms with Gasteiger partial charge in [0, 0.05) is 55.3 Å². The molecule has 108 valence electrons. The summed E-state index contributed by atoms with van der Waals surface area (Å²) < 4.78 is 2.27. The molecule has 0 spiro atoms. The van der Waals surface area contributed by atoms with Gasteiger partial charge in [-0.1, -0.05) is 11.6 Å². The lowest BCUT2D eigenvalue weighted by molar-refractivity contribution is 0.308. The van der Waals surface area contributed by atoms with E-state index in [4.69, 9.17) is 0 Å². The van der Waals surface area contributed by atoms with Crippen molar-refractivity contribution in [2.75, 3.05) is 7.05 Å². The second-order valence-corrected chi connectivity index (χ2v) is 5.63. The number of nitrogens with zero attached hydrogens (tertiary/aromatic N) is 4. The molecule has 4 nitrogen and oxygen atoms in total. The first-order chi connectivity index (χ1) is 10.1. The van der Waals surface area contributed by atoms with E-state index in [1.807, 2.05) is 6.20 Å². The van der Waals surface area contributed by atoms with Crippen molar-refractivity contribution in [2.24, 2.45) is 7.05 Å². The summed E-state index contributed by atoms with van der Waals surface area (Å²) in [6, 6.07) is 8.86. The minimum Gasteiger partial charge on any atom is -0.346 e. The highest BCUT2D eigenvalue weighted by atomic mass is 15.1. The number of fused-ring (bicyclic) bond motifs is 1. The highest BCUT2D eigenvalue weighted by Gasteiger charge is 2.09. The van der Waals surface area contributed by atoms with Crippen molar-refractivity contribution in [1.29, 1.82) is 0 Å². The molecule has 0 amide bonds. The Morgan fingerprint density at radius 1 is 1.14 bits per heavy atom. The van der Waals surface area contributed by atoms with Gasteiger partial charge in [0.15, 0.2) is 0 Å². The van der Waals surface area contributed by atoms with E-state index in [0.717, 1.165) is 18.8 Å². The van der Waals surface area contributed by atoms with Gasteiger partial charge in [0.05, 0.1) is 5.69 Å². The second kappa shape index (κ2) is 5.66. The third-order valence-corrected chi connectivity index (χ3v) is 3.78. The highest BCUT2D eigenvalue weighted by Crippen LogP contribution is 2.21. The van der Waals surface area contributed by atoms with E-state index in [0.29, 0.717) is 0 Å². The molecule has 0 bridgehead atoms. The fraction of sp³-hybridized carbons (Fsp3) is 0.294. The van der Waals surface area contributed by atoms with E-state index < -0.39 is 0 Å². The van der Waals surface area contributed by atoms with Gasteiger partial charge in [0.25, 0.3) is 0 Å². The van der Waals surface area contributed by atoms with Crippen LogP contribution in [0, 0.1) is 6.92 Å². The predicted octanol–water partition coefficient (Wildman–Crippen LogP) is 2.91. The SMILES string of the molecule is Cc1ccc2c(c1)cc(CN(C)Cc1cnccn1)n2C. The van der Waals surface area contributed by atoms with Crippen LogP contribution < -0.4 is 0 Å². The molecular weight excluding hydrogens is 260 g/mol. The number of aromatic nitrogens is 3. The summed E-state index contributed by atoms with van der Waals surface area (Å²) in [5, 5.41) is 1.31. The first-order valence-corrected chi connectivity index (χ1v) is 7.12. The largest absolute Gasteiger partial charge is 0.346 e. The number of aryl methyl sites for hydroxylation is 2. The van der Waals surface area contributed by atoms with Crippen LogP contribution in [0.3, 0.4) is 0 Å². The van der Waals surface area contributed by atoms with E-state index in [1.165, 1.54) is 22.2 Å². The summed E-state index contributed by atoms with van der Waals surface area (Å²) in [6.45, 7) is 3.82. The molecule has 3 rings (SSSR count). The van der Waals surface area contributed by atoms with Gasteiger partial charge in [-0.25, -0.2) is 0 Å². The lowest BCUT2D eigenvalue weighted by Gasteiger charge is -2.16. The second-order valence-electron chi connectivity index (χ2n) is 5.63. The molecular formula is C17H20N4. The predicted molar refractivity (Wildman–Crippen MR) is 84.9 cm³/mol. The first-order valence-electron chi connectivity index (χ1n) is 7.12. The van der Waals surface area contributed by atoms with Crippen LogP contribution in [0.2, 0.25) is 0 Å². The molecule has 0 radical (unpaired) electrons.